The lowest BCUT2D eigenvalue weighted by atomic mass is 9.67. The van der Waals surface area contributed by atoms with E-state index in [2.05, 4.69) is 13.8 Å². The van der Waals surface area contributed by atoms with E-state index in [0.717, 1.165) is 24.8 Å². The van der Waals surface area contributed by atoms with Gasteiger partial charge < -0.3 is 5.73 Å². The highest BCUT2D eigenvalue weighted by molar-refractivity contribution is 5.27. The normalized spacial score (nSPS) is 33.7. The Kier molecular flexibility index (Phi) is 3.21. The van der Waals surface area contributed by atoms with Crippen LogP contribution in [0.4, 0.5) is 8.78 Å². The van der Waals surface area contributed by atoms with Gasteiger partial charge in [0.1, 0.15) is 0 Å². The largest absolute Gasteiger partial charge is 0.321 e. The SMILES string of the molecule is CC1CCC(N)(c2ccc(F)c(F)c2)C(C)C1. The topological polar surface area (TPSA) is 26.0 Å². The van der Waals surface area contributed by atoms with Crippen LogP contribution in [-0.4, -0.2) is 0 Å². The van der Waals surface area contributed by atoms with Gasteiger partial charge in [-0.25, -0.2) is 8.78 Å². The highest BCUT2D eigenvalue weighted by atomic mass is 19.2. The first-order valence-corrected chi connectivity index (χ1v) is 6.18. The number of halogens is 2. The molecule has 0 aliphatic heterocycles. The van der Waals surface area contributed by atoms with E-state index in [-0.39, 0.29) is 5.92 Å². The molecule has 1 aliphatic carbocycles. The standard InChI is InChI=1S/C14H19F2N/c1-9-5-6-14(17,10(2)7-9)11-3-4-12(15)13(16)8-11/h3-4,8-10H,5-7,17H2,1-2H3. The maximum atomic E-state index is 13.3. The van der Waals surface area contributed by atoms with Crippen LogP contribution < -0.4 is 5.73 Å². The molecule has 0 radical (unpaired) electrons. The summed E-state index contributed by atoms with van der Waals surface area (Å²) >= 11 is 0. The summed E-state index contributed by atoms with van der Waals surface area (Å²) in [6, 6.07) is 4.04. The molecule has 0 aromatic heterocycles. The number of rotatable bonds is 1. The van der Waals surface area contributed by atoms with Gasteiger partial charge in [-0.3, -0.25) is 0 Å². The van der Waals surface area contributed by atoms with E-state index in [0.29, 0.717) is 5.92 Å². The molecule has 0 spiro atoms. The molecule has 0 bridgehead atoms. The van der Waals surface area contributed by atoms with Gasteiger partial charge in [0.15, 0.2) is 11.6 Å². The second-order valence-electron chi connectivity index (χ2n) is 5.45. The Labute approximate surface area is 101 Å². The monoisotopic (exact) mass is 239 g/mol. The number of nitrogens with two attached hydrogens (primary N) is 1. The van der Waals surface area contributed by atoms with Gasteiger partial charge in [0.05, 0.1) is 0 Å². The van der Waals surface area contributed by atoms with Crippen LogP contribution in [0, 0.1) is 23.5 Å². The highest BCUT2D eigenvalue weighted by Gasteiger charge is 2.38. The molecule has 2 rings (SSSR count). The summed E-state index contributed by atoms with van der Waals surface area (Å²) in [5.41, 5.74) is 6.62. The summed E-state index contributed by atoms with van der Waals surface area (Å²) in [5, 5.41) is 0. The van der Waals surface area contributed by atoms with Crippen molar-refractivity contribution in [3.05, 3.63) is 35.4 Å². The minimum absolute atomic E-state index is 0.288. The van der Waals surface area contributed by atoms with E-state index in [1.165, 1.54) is 12.1 Å². The molecule has 0 heterocycles. The molecule has 1 fully saturated rings. The Balaban J connectivity index is 2.34. The molecule has 1 aromatic rings. The maximum Gasteiger partial charge on any atom is 0.159 e. The van der Waals surface area contributed by atoms with E-state index >= 15 is 0 Å². The van der Waals surface area contributed by atoms with Crippen molar-refractivity contribution in [1.82, 2.24) is 0 Å². The second-order valence-corrected chi connectivity index (χ2v) is 5.45. The average molecular weight is 239 g/mol. The van der Waals surface area contributed by atoms with Crippen molar-refractivity contribution >= 4 is 0 Å². The third kappa shape index (κ3) is 2.21. The lowest BCUT2D eigenvalue weighted by Crippen LogP contribution is -2.46. The number of benzene rings is 1. The summed E-state index contributed by atoms with van der Waals surface area (Å²) < 4.78 is 26.2. The first kappa shape index (κ1) is 12.5. The number of hydrogen-bond acceptors (Lipinski definition) is 1. The zero-order chi connectivity index (χ0) is 12.6. The summed E-state index contributed by atoms with van der Waals surface area (Å²) in [5.74, 6) is -0.671. The Hall–Kier alpha value is -0.960. The minimum atomic E-state index is -0.811. The Morgan fingerprint density at radius 1 is 1.24 bits per heavy atom. The molecule has 3 unspecified atom stereocenters. The van der Waals surface area contributed by atoms with Gasteiger partial charge in [0.2, 0.25) is 0 Å². The quantitative estimate of drug-likeness (QED) is 0.796. The predicted octanol–water partition coefficient (Wildman–Crippen LogP) is 3.57. The molecule has 0 saturated heterocycles. The number of hydrogen-bond donors (Lipinski definition) is 1. The van der Waals surface area contributed by atoms with Crippen molar-refractivity contribution in [3.8, 4) is 0 Å². The van der Waals surface area contributed by atoms with Gasteiger partial charge in [-0.15, -0.1) is 0 Å². The zero-order valence-electron chi connectivity index (χ0n) is 10.3. The van der Waals surface area contributed by atoms with E-state index in [1.807, 2.05) is 0 Å². The highest BCUT2D eigenvalue weighted by Crippen LogP contribution is 2.41. The van der Waals surface area contributed by atoms with Crippen LogP contribution in [0.1, 0.15) is 38.7 Å². The second kappa shape index (κ2) is 4.37. The third-order valence-corrected chi connectivity index (χ3v) is 4.14. The van der Waals surface area contributed by atoms with Gasteiger partial charge >= 0.3 is 0 Å². The summed E-state index contributed by atoms with van der Waals surface area (Å²) in [6.07, 6.45) is 2.91. The van der Waals surface area contributed by atoms with E-state index < -0.39 is 17.2 Å². The van der Waals surface area contributed by atoms with Crippen molar-refractivity contribution in [2.45, 2.75) is 38.6 Å². The van der Waals surface area contributed by atoms with Gasteiger partial charge in [0, 0.05) is 5.54 Å². The van der Waals surface area contributed by atoms with E-state index in [4.69, 9.17) is 5.73 Å². The molecule has 3 heteroatoms. The van der Waals surface area contributed by atoms with Crippen molar-refractivity contribution in [3.63, 3.8) is 0 Å². The summed E-state index contributed by atoms with van der Waals surface area (Å²) in [6.45, 7) is 4.30. The molecule has 1 nitrogen and oxygen atoms in total. The lowest BCUT2D eigenvalue weighted by Gasteiger charge is -2.42. The zero-order valence-corrected chi connectivity index (χ0v) is 10.3. The van der Waals surface area contributed by atoms with Crippen molar-refractivity contribution < 1.29 is 8.78 Å². The molecule has 1 aliphatic rings. The third-order valence-electron chi connectivity index (χ3n) is 4.14. The molecule has 2 N–H and O–H groups in total. The first-order chi connectivity index (χ1) is 7.93. The van der Waals surface area contributed by atoms with Crippen LogP contribution in [0.3, 0.4) is 0 Å². The van der Waals surface area contributed by atoms with Gasteiger partial charge in [-0.05, 0) is 48.8 Å². The van der Waals surface area contributed by atoms with Crippen LogP contribution in [-0.2, 0) is 5.54 Å². The fourth-order valence-corrected chi connectivity index (χ4v) is 2.88. The molecular formula is C14H19F2N. The van der Waals surface area contributed by atoms with Crippen molar-refractivity contribution in [1.29, 1.82) is 0 Å². The predicted molar refractivity (Wildman–Crippen MR) is 64.4 cm³/mol. The fraction of sp³-hybridized carbons (Fsp3) is 0.571. The lowest BCUT2D eigenvalue weighted by molar-refractivity contribution is 0.164. The van der Waals surface area contributed by atoms with Crippen LogP contribution in [0.5, 0.6) is 0 Å². The molecule has 1 saturated carbocycles. The van der Waals surface area contributed by atoms with Gasteiger partial charge in [0.25, 0.3) is 0 Å². The van der Waals surface area contributed by atoms with Crippen LogP contribution >= 0.6 is 0 Å². The Morgan fingerprint density at radius 3 is 2.53 bits per heavy atom. The minimum Gasteiger partial charge on any atom is -0.321 e. The molecule has 1 aromatic carbocycles. The summed E-state index contributed by atoms with van der Waals surface area (Å²) in [7, 11) is 0. The Morgan fingerprint density at radius 2 is 1.94 bits per heavy atom. The molecule has 94 valence electrons. The Bertz CT molecular complexity index is 419. The van der Waals surface area contributed by atoms with Crippen LogP contribution in [0.25, 0.3) is 0 Å². The van der Waals surface area contributed by atoms with Crippen molar-refractivity contribution in [2.24, 2.45) is 17.6 Å². The van der Waals surface area contributed by atoms with E-state index in [9.17, 15) is 8.78 Å². The fourth-order valence-electron chi connectivity index (χ4n) is 2.88. The van der Waals surface area contributed by atoms with E-state index in [1.54, 1.807) is 6.07 Å². The molecule has 17 heavy (non-hydrogen) atoms. The average Bonchev–Trinajstić information content (AvgIpc) is 2.28. The van der Waals surface area contributed by atoms with Gasteiger partial charge in [-0.2, -0.15) is 0 Å². The van der Waals surface area contributed by atoms with Gasteiger partial charge in [-0.1, -0.05) is 19.9 Å². The van der Waals surface area contributed by atoms with Crippen LogP contribution in [0.15, 0.2) is 18.2 Å². The summed E-state index contributed by atoms with van der Waals surface area (Å²) in [4.78, 5) is 0. The molecule has 0 amide bonds. The van der Waals surface area contributed by atoms with Crippen molar-refractivity contribution in [2.75, 3.05) is 0 Å². The maximum absolute atomic E-state index is 13.3. The molecule has 3 atom stereocenters. The smallest absolute Gasteiger partial charge is 0.159 e. The first-order valence-electron chi connectivity index (χ1n) is 6.18. The molecular weight excluding hydrogens is 220 g/mol. The van der Waals surface area contributed by atoms with Crippen LogP contribution in [0.2, 0.25) is 0 Å².